The molecule has 0 aromatic heterocycles. The first kappa shape index (κ1) is 18.9. The molecule has 5 nitrogen and oxygen atoms in total. The van der Waals surface area contributed by atoms with Gasteiger partial charge in [0.1, 0.15) is 13.2 Å². The Morgan fingerprint density at radius 2 is 1.48 bits per heavy atom. The van der Waals surface area contributed by atoms with E-state index in [2.05, 4.69) is 0 Å². The van der Waals surface area contributed by atoms with E-state index in [0.717, 1.165) is 22.3 Å². The van der Waals surface area contributed by atoms with E-state index in [4.69, 9.17) is 9.47 Å². The zero-order valence-electron chi connectivity index (χ0n) is 16.1. The highest BCUT2D eigenvalue weighted by Gasteiger charge is 2.25. The zero-order chi connectivity index (χ0) is 20.1. The van der Waals surface area contributed by atoms with Crippen LogP contribution in [0.15, 0.2) is 72.8 Å². The molecular formula is C24H23NO4. The Bertz CT molecular complexity index is 973. The first-order valence-corrected chi connectivity index (χ1v) is 9.67. The molecule has 0 fully saturated rings. The summed E-state index contributed by atoms with van der Waals surface area (Å²) < 4.78 is 12.3. The second kappa shape index (κ2) is 8.69. The van der Waals surface area contributed by atoms with Gasteiger partial charge in [0.05, 0.1) is 0 Å². The summed E-state index contributed by atoms with van der Waals surface area (Å²) in [6, 6.07) is 23.8. The highest BCUT2D eigenvalue weighted by molar-refractivity contribution is 5.66. The molecule has 0 unspecified atom stereocenters. The summed E-state index contributed by atoms with van der Waals surface area (Å²) >= 11 is 0. The molecule has 4 rings (SSSR count). The van der Waals surface area contributed by atoms with Gasteiger partial charge in [-0.25, -0.2) is 4.79 Å². The highest BCUT2D eigenvalue weighted by Crippen LogP contribution is 2.38. The van der Waals surface area contributed by atoms with Gasteiger partial charge in [-0.05, 0) is 29.2 Å². The molecule has 0 bridgehead atoms. The lowest BCUT2D eigenvalue weighted by molar-refractivity contribution is 0.139. The van der Waals surface area contributed by atoms with E-state index in [9.17, 15) is 9.90 Å². The molecular weight excluding hydrogens is 366 g/mol. The van der Waals surface area contributed by atoms with Gasteiger partial charge < -0.3 is 19.5 Å². The van der Waals surface area contributed by atoms with Crippen molar-refractivity contribution in [3.8, 4) is 11.5 Å². The molecule has 0 spiro atoms. The van der Waals surface area contributed by atoms with E-state index >= 15 is 0 Å². The van der Waals surface area contributed by atoms with Crippen LogP contribution in [-0.4, -0.2) is 22.6 Å². The second-order valence-corrected chi connectivity index (χ2v) is 7.03. The van der Waals surface area contributed by atoms with Gasteiger partial charge in [0, 0.05) is 18.7 Å². The van der Waals surface area contributed by atoms with Crippen molar-refractivity contribution < 1.29 is 19.4 Å². The lowest BCUT2D eigenvalue weighted by Gasteiger charge is -2.28. The van der Waals surface area contributed by atoms with Crippen LogP contribution in [-0.2, 0) is 26.2 Å². The minimum atomic E-state index is -0.896. The number of hydrogen-bond donors (Lipinski definition) is 1. The smallest absolute Gasteiger partial charge is 0.407 e. The summed E-state index contributed by atoms with van der Waals surface area (Å²) in [4.78, 5) is 12.8. The summed E-state index contributed by atoms with van der Waals surface area (Å²) in [6.07, 6.45) is -0.291. The maximum absolute atomic E-state index is 11.4. The number of fused-ring (bicyclic) bond motifs is 1. The minimum absolute atomic E-state index is 0.366. The van der Waals surface area contributed by atoms with Crippen molar-refractivity contribution in [2.75, 3.05) is 6.54 Å². The Hall–Kier alpha value is -3.47. The molecule has 3 aromatic rings. The number of amides is 1. The molecule has 1 aliphatic heterocycles. The second-order valence-electron chi connectivity index (χ2n) is 7.03. The number of rotatable bonds is 6. The van der Waals surface area contributed by atoms with Crippen molar-refractivity contribution >= 4 is 6.09 Å². The van der Waals surface area contributed by atoms with Gasteiger partial charge >= 0.3 is 6.09 Å². The Morgan fingerprint density at radius 3 is 2.10 bits per heavy atom. The van der Waals surface area contributed by atoms with Crippen LogP contribution >= 0.6 is 0 Å². The number of nitrogens with zero attached hydrogens (tertiary/aromatic N) is 1. The monoisotopic (exact) mass is 389 g/mol. The van der Waals surface area contributed by atoms with Gasteiger partial charge in [0.15, 0.2) is 11.5 Å². The molecule has 0 atom stereocenters. The topological polar surface area (TPSA) is 59.0 Å². The fraction of sp³-hybridized carbons (Fsp3) is 0.208. The van der Waals surface area contributed by atoms with Crippen molar-refractivity contribution in [3.05, 3.63) is 95.1 Å². The SMILES string of the molecule is O=C(O)N1CCc2c(ccc(OCc3ccccc3)c2OCc2ccccc2)C1. The van der Waals surface area contributed by atoms with Crippen LogP contribution in [0.2, 0.25) is 0 Å². The van der Waals surface area contributed by atoms with E-state index in [-0.39, 0.29) is 0 Å². The normalized spacial score (nSPS) is 12.9. The number of hydrogen-bond acceptors (Lipinski definition) is 3. The van der Waals surface area contributed by atoms with Crippen molar-refractivity contribution in [1.82, 2.24) is 4.90 Å². The third-order valence-electron chi connectivity index (χ3n) is 5.05. The Labute approximate surface area is 170 Å². The van der Waals surface area contributed by atoms with Crippen molar-refractivity contribution in [3.63, 3.8) is 0 Å². The third kappa shape index (κ3) is 4.51. The average molecular weight is 389 g/mol. The molecule has 1 aliphatic rings. The fourth-order valence-corrected chi connectivity index (χ4v) is 3.50. The van der Waals surface area contributed by atoms with Crippen LogP contribution in [0, 0.1) is 0 Å². The molecule has 1 N–H and O–H groups in total. The zero-order valence-corrected chi connectivity index (χ0v) is 16.1. The van der Waals surface area contributed by atoms with Crippen LogP contribution in [0.1, 0.15) is 22.3 Å². The predicted octanol–water partition coefficient (Wildman–Crippen LogP) is 4.88. The van der Waals surface area contributed by atoms with Crippen LogP contribution in [0.3, 0.4) is 0 Å². The standard InChI is InChI=1S/C24H23NO4/c26-24(27)25-14-13-21-20(15-25)11-12-22(28-16-18-7-3-1-4-8-18)23(21)29-17-19-9-5-2-6-10-19/h1-12H,13-17H2,(H,26,27). The summed E-state index contributed by atoms with van der Waals surface area (Å²) in [7, 11) is 0. The van der Waals surface area contributed by atoms with Crippen LogP contribution < -0.4 is 9.47 Å². The van der Waals surface area contributed by atoms with E-state index in [1.807, 2.05) is 72.8 Å². The van der Waals surface area contributed by atoms with Gasteiger partial charge in [-0.1, -0.05) is 66.7 Å². The molecule has 1 heterocycles. The molecule has 0 aliphatic carbocycles. The van der Waals surface area contributed by atoms with E-state index < -0.39 is 6.09 Å². The van der Waals surface area contributed by atoms with Crippen LogP contribution in [0.4, 0.5) is 4.79 Å². The highest BCUT2D eigenvalue weighted by atomic mass is 16.5. The molecule has 0 saturated heterocycles. The molecule has 0 radical (unpaired) electrons. The summed E-state index contributed by atoms with van der Waals surface area (Å²) in [5.41, 5.74) is 4.15. The molecule has 0 saturated carbocycles. The van der Waals surface area contributed by atoms with Crippen molar-refractivity contribution in [2.45, 2.75) is 26.2 Å². The number of carboxylic acid groups (broad SMARTS) is 1. The Kier molecular flexibility index (Phi) is 5.66. The van der Waals surface area contributed by atoms with E-state index in [1.54, 1.807) is 0 Å². The maximum atomic E-state index is 11.4. The Balaban J connectivity index is 1.60. The van der Waals surface area contributed by atoms with Gasteiger partial charge in [0.25, 0.3) is 0 Å². The van der Waals surface area contributed by atoms with Gasteiger partial charge in [0.2, 0.25) is 0 Å². The largest absolute Gasteiger partial charge is 0.485 e. The molecule has 29 heavy (non-hydrogen) atoms. The fourth-order valence-electron chi connectivity index (χ4n) is 3.50. The van der Waals surface area contributed by atoms with E-state index in [0.29, 0.717) is 44.2 Å². The lowest BCUT2D eigenvalue weighted by atomic mass is 9.98. The number of carbonyl (C=O) groups is 1. The molecule has 1 amide bonds. The number of ether oxygens (including phenoxy) is 2. The van der Waals surface area contributed by atoms with Gasteiger partial charge in [-0.2, -0.15) is 0 Å². The quantitative estimate of drug-likeness (QED) is 0.653. The molecule has 3 aromatic carbocycles. The summed E-state index contributed by atoms with van der Waals surface area (Å²) in [5, 5.41) is 9.32. The Morgan fingerprint density at radius 1 is 0.862 bits per heavy atom. The summed E-state index contributed by atoms with van der Waals surface area (Å²) in [5.74, 6) is 1.40. The van der Waals surface area contributed by atoms with Gasteiger partial charge in [-0.3, -0.25) is 0 Å². The molecule has 5 heteroatoms. The maximum Gasteiger partial charge on any atom is 0.407 e. The minimum Gasteiger partial charge on any atom is -0.485 e. The van der Waals surface area contributed by atoms with E-state index in [1.165, 1.54) is 4.90 Å². The first-order chi connectivity index (χ1) is 14.2. The predicted molar refractivity (Wildman–Crippen MR) is 110 cm³/mol. The van der Waals surface area contributed by atoms with Crippen LogP contribution in [0.25, 0.3) is 0 Å². The first-order valence-electron chi connectivity index (χ1n) is 9.67. The van der Waals surface area contributed by atoms with Crippen molar-refractivity contribution in [2.24, 2.45) is 0 Å². The number of benzene rings is 3. The lowest BCUT2D eigenvalue weighted by Crippen LogP contribution is -2.35. The molecule has 148 valence electrons. The van der Waals surface area contributed by atoms with Crippen molar-refractivity contribution in [1.29, 1.82) is 0 Å². The third-order valence-corrected chi connectivity index (χ3v) is 5.05. The van der Waals surface area contributed by atoms with Crippen LogP contribution in [0.5, 0.6) is 11.5 Å². The van der Waals surface area contributed by atoms with Gasteiger partial charge in [-0.15, -0.1) is 0 Å². The average Bonchev–Trinajstić information content (AvgIpc) is 2.77. The summed E-state index contributed by atoms with van der Waals surface area (Å²) in [6.45, 7) is 1.70.